The Bertz CT molecular complexity index is 360. The van der Waals surface area contributed by atoms with E-state index in [0.717, 1.165) is 19.3 Å². The number of hydrogen-bond donors (Lipinski definition) is 0. The van der Waals surface area contributed by atoms with Gasteiger partial charge in [-0.2, -0.15) is 0 Å². The molecule has 0 aliphatic heterocycles. The van der Waals surface area contributed by atoms with Gasteiger partial charge in [0.25, 0.3) is 0 Å². The molecule has 1 spiro atoms. The number of hydrogen-bond acceptors (Lipinski definition) is 2. The van der Waals surface area contributed by atoms with Crippen LogP contribution in [0.5, 0.6) is 0 Å². The van der Waals surface area contributed by atoms with Crippen molar-refractivity contribution in [3.8, 4) is 0 Å². The van der Waals surface area contributed by atoms with Crippen LogP contribution in [-0.4, -0.2) is 19.0 Å². The summed E-state index contributed by atoms with van der Waals surface area (Å²) in [5.74, 6) is 0.918. The molecule has 0 saturated heterocycles. The molecule has 2 heteroatoms. The van der Waals surface area contributed by atoms with Crippen LogP contribution in [0.25, 0.3) is 0 Å². The highest BCUT2D eigenvalue weighted by atomic mass is 16.5. The summed E-state index contributed by atoms with van der Waals surface area (Å²) in [6.45, 7) is 6.94. The number of carbonyl (C=O) groups excluding carboxylic acids is 1. The fourth-order valence-electron chi connectivity index (χ4n) is 4.92. The summed E-state index contributed by atoms with van der Waals surface area (Å²) in [6.07, 6.45) is 4.58. The Morgan fingerprint density at radius 3 is 2.56 bits per heavy atom. The van der Waals surface area contributed by atoms with E-state index in [4.69, 9.17) is 4.74 Å². The van der Waals surface area contributed by atoms with E-state index in [1.165, 1.54) is 6.42 Å². The van der Waals surface area contributed by atoms with Crippen molar-refractivity contribution in [2.24, 2.45) is 22.2 Å². The van der Waals surface area contributed by atoms with Crippen LogP contribution in [0, 0.1) is 22.2 Å². The molecule has 2 nitrogen and oxygen atoms in total. The maximum atomic E-state index is 12.0. The summed E-state index contributed by atoms with van der Waals surface area (Å²) in [7, 11) is 1.81. The summed E-state index contributed by atoms with van der Waals surface area (Å²) < 4.78 is 5.67. The van der Waals surface area contributed by atoms with Crippen molar-refractivity contribution in [2.75, 3.05) is 7.11 Å². The van der Waals surface area contributed by atoms with Crippen molar-refractivity contribution < 1.29 is 9.53 Å². The van der Waals surface area contributed by atoms with Gasteiger partial charge in [0.15, 0.2) is 0 Å². The standard InChI is InChI=1S/C14H22O2/c1-12(2)11(16-4)5-6-14-7-9(14)10(15)8-13(12,14)3/h9,11H,5-8H2,1-4H3/t9-,11-,13+,14-/m0/s1. The van der Waals surface area contributed by atoms with Crippen molar-refractivity contribution in [2.45, 2.75) is 52.6 Å². The largest absolute Gasteiger partial charge is 0.381 e. The van der Waals surface area contributed by atoms with Crippen LogP contribution < -0.4 is 0 Å². The van der Waals surface area contributed by atoms with E-state index >= 15 is 0 Å². The van der Waals surface area contributed by atoms with Gasteiger partial charge in [-0.15, -0.1) is 0 Å². The minimum Gasteiger partial charge on any atom is -0.381 e. The van der Waals surface area contributed by atoms with Gasteiger partial charge in [0.2, 0.25) is 0 Å². The number of ketones is 1. The lowest BCUT2D eigenvalue weighted by Crippen LogP contribution is -2.53. The molecule has 90 valence electrons. The summed E-state index contributed by atoms with van der Waals surface area (Å²) in [4.78, 5) is 12.0. The van der Waals surface area contributed by atoms with E-state index in [-0.39, 0.29) is 10.8 Å². The van der Waals surface area contributed by atoms with E-state index in [0.29, 0.717) is 23.2 Å². The van der Waals surface area contributed by atoms with Crippen LogP contribution in [0.15, 0.2) is 0 Å². The number of Topliss-reactive ketones (excluding diaryl/α,β-unsaturated/α-hetero) is 1. The van der Waals surface area contributed by atoms with Gasteiger partial charge in [0, 0.05) is 19.4 Å². The van der Waals surface area contributed by atoms with Crippen LogP contribution >= 0.6 is 0 Å². The van der Waals surface area contributed by atoms with Gasteiger partial charge in [0.05, 0.1) is 6.10 Å². The Balaban J connectivity index is 2.05. The Morgan fingerprint density at radius 2 is 2.00 bits per heavy atom. The second-order valence-electron chi connectivity index (χ2n) is 6.87. The SMILES string of the molecule is CO[C@H]1CC[C@]23C[C@H]2C(=O)C[C@]3(C)C1(C)C. The summed E-state index contributed by atoms with van der Waals surface area (Å²) in [5, 5.41) is 0. The lowest BCUT2D eigenvalue weighted by atomic mass is 9.51. The zero-order valence-corrected chi connectivity index (χ0v) is 10.8. The highest BCUT2D eigenvalue weighted by Gasteiger charge is 2.77. The van der Waals surface area contributed by atoms with Gasteiger partial charge < -0.3 is 4.74 Å². The summed E-state index contributed by atoms with van der Waals surface area (Å²) in [6, 6.07) is 0. The van der Waals surface area contributed by atoms with Crippen molar-refractivity contribution in [1.82, 2.24) is 0 Å². The minimum absolute atomic E-state index is 0.126. The average Bonchev–Trinajstić information content (AvgIpc) is 2.87. The highest BCUT2D eigenvalue weighted by molar-refractivity contribution is 5.89. The first-order chi connectivity index (χ1) is 7.39. The number of methoxy groups -OCH3 is 1. The molecule has 16 heavy (non-hydrogen) atoms. The Kier molecular flexibility index (Phi) is 1.83. The first-order valence-electron chi connectivity index (χ1n) is 6.44. The van der Waals surface area contributed by atoms with E-state index in [2.05, 4.69) is 20.8 Å². The third-order valence-electron chi connectivity index (χ3n) is 6.45. The van der Waals surface area contributed by atoms with Gasteiger partial charge in [-0.25, -0.2) is 0 Å². The Labute approximate surface area is 97.7 Å². The summed E-state index contributed by atoms with van der Waals surface area (Å²) in [5.41, 5.74) is 0.643. The predicted octanol–water partition coefficient (Wildman–Crippen LogP) is 2.81. The molecule has 3 saturated carbocycles. The van der Waals surface area contributed by atoms with Crippen LogP contribution in [0.3, 0.4) is 0 Å². The highest BCUT2D eigenvalue weighted by Crippen LogP contribution is 2.79. The number of carbonyl (C=O) groups is 1. The van der Waals surface area contributed by atoms with Crippen molar-refractivity contribution in [3.05, 3.63) is 0 Å². The zero-order chi connectivity index (χ0) is 11.8. The number of rotatable bonds is 1. The maximum absolute atomic E-state index is 12.0. The molecule has 0 unspecified atom stereocenters. The maximum Gasteiger partial charge on any atom is 0.137 e. The molecule has 3 aliphatic rings. The van der Waals surface area contributed by atoms with Gasteiger partial charge in [-0.05, 0) is 35.5 Å². The molecule has 0 radical (unpaired) electrons. The van der Waals surface area contributed by atoms with Crippen molar-refractivity contribution in [1.29, 1.82) is 0 Å². The van der Waals surface area contributed by atoms with Crippen molar-refractivity contribution in [3.63, 3.8) is 0 Å². The lowest BCUT2D eigenvalue weighted by Gasteiger charge is -2.55. The van der Waals surface area contributed by atoms with Crippen LogP contribution in [0.2, 0.25) is 0 Å². The van der Waals surface area contributed by atoms with E-state index in [1.54, 1.807) is 0 Å². The third kappa shape index (κ3) is 0.883. The minimum atomic E-state index is 0.126. The van der Waals surface area contributed by atoms with Gasteiger partial charge >= 0.3 is 0 Å². The Hall–Kier alpha value is -0.370. The first kappa shape index (κ1) is 10.8. The molecule has 0 amide bonds. The molecule has 0 heterocycles. The Morgan fingerprint density at radius 1 is 1.31 bits per heavy atom. The molecular formula is C14H22O2. The first-order valence-corrected chi connectivity index (χ1v) is 6.44. The van der Waals surface area contributed by atoms with Gasteiger partial charge in [-0.3, -0.25) is 4.79 Å². The van der Waals surface area contributed by atoms with Gasteiger partial charge in [-0.1, -0.05) is 20.8 Å². The summed E-state index contributed by atoms with van der Waals surface area (Å²) >= 11 is 0. The number of ether oxygens (including phenoxy) is 1. The fourth-order valence-corrected chi connectivity index (χ4v) is 4.92. The van der Waals surface area contributed by atoms with Crippen LogP contribution in [-0.2, 0) is 9.53 Å². The fraction of sp³-hybridized carbons (Fsp3) is 0.929. The second-order valence-corrected chi connectivity index (χ2v) is 6.87. The third-order valence-corrected chi connectivity index (χ3v) is 6.45. The topological polar surface area (TPSA) is 26.3 Å². The molecular weight excluding hydrogens is 200 g/mol. The average molecular weight is 222 g/mol. The van der Waals surface area contributed by atoms with Crippen molar-refractivity contribution >= 4 is 5.78 Å². The monoisotopic (exact) mass is 222 g/mol. The zero-order valence-electron chi connectivity index (χ0n) is 10.8. The molecule has 0 aromatic heterocycles. The molecule has 0 aromatic rings. The lowest BCUT2D eigenvalue weighted by molar-refractivity contribution is -0.140. The molecule has 3 aliphatic carbocycles. The van der Waals surface area contributed by atoms with Gasteiger partial charge in [0.1, 0.15) is 5.78 Å². The molecule has 3 rings (SSSR count). The van der Waals surface area contributed by atoms with E-state index < -0.39 is 0 Å². The normalized spacial score (nSPS) is 53.4. The van der Waals surface area contributed by atoms with Crippen LogP contribution in [0.4, 0.5) is 0 Å². The molecule has 0 aromatic carbocycles. The second kappa shape index (κ2) is 2.72. The molecule has 3 fully saturated rings. The van der Waals surface area contributed by atoms with Crippen LogP contribution in [0.1, 0.15) is 46.5 Å². The molecule has 0 bridgehead atoms. The van der Waals surface area contributed by atoms with E-state index in [9.17, 15) is 4.79 Å². The quantitative estimate of drug-likeness (QED) is 0.682. The molecule has 4 atom stereocenters. The molecule has 0 N–H and O–H groups in total. The smallest absolute Gasteiger partial charge is 0.137 e. The van der Waals surface area contributed by atoms with E-state index in [1.807, 2.05) is 7.11 Å². The predicted molar refractivity (Wildman–Crippen MR) is 62.1 cm³/mol.